The standard InChI is InChI=1S/C17H22N4O4S3/c1-4-9(5-2)13(22)18-11-14(23)21-12(16(24)25)10(6-26-15(11)21)7-27-17-20-19-8(3)28-17/h9,11,15H,4-7H2,1-3H3,(H,18,22)(H,24,25)/t11-,15-/m0/s1. The lowest BCUT2D eigenvalue weighted by Gasteiger charge is -2.49. The molecule has 1 aromatic heterocycles. The normalized spacial score (nSPS) is 21.6. The molecule has 2 aliphatic rings. The van der Waals surface area contributed by atoms with E-state index in [2.05, 4.69) is 15.5 Å². The number of nitrogens with zero attached hydrogens (tertiary/aromatic N) is 3. The SMILES string of the molecule is CCC(CC)C(=O)N[C@H]1C(=O)N2C(C(=O)O)=C(CSc3nnc(C)s3)CS[C@@H]12. The lowest BCUT2D eigenvalue weighted by Crippen LogP contribution is -2.71. The Kier molecular flexibility index (Phi) is 6.66. The second-order valence-electron chi connectivity index (χ2n) is 6.54. The van der Waals surface area contributed by atoms with Crippen molar-refractivity contribution in [1.29, 1.82) is 0 Å². The van der Waals surface area contributed by atoms with E-state index in [4.69, 9.17) is 0 Å². The van der Waals surface area contributed by atoms with Crippen molar-refractivity contribution in [3.8, 4) is 0 Å². The van der Waals surface area contributed by atoms with E-state index in [0.717, 1.165) is 9.35 Å². The highest BCUT2D eigenvalue weighted by Crippen LogP contribution is 2.41. The minimum atomic E-state index is -1.12. The summed E-state index contributed by atoms with van der Waals surface area (Å²) in [6.45, 7) is 5.74. The molecule has 0 bridgehead atoms. The van der Waals surface area contributed by atoms with Crippen molar-refractivity contribution < 1.29 is 19.5 Å². The van der Waals surface area contributed by atoms with Crippen LogP contribution in [-0.2, 0) is 14.4 Å². The highest BCUT2D eigenvalue weighted by molar-refractivity contribution is 8.01. The number of thioether (sulfide) groups is 2. The van der Waals surface area contributed by atoms with Crippen molar-refractivity contribution >= 4 is 52.6 Å². The van der Waals surface area contributed by atoms with E-state index >= 15 is 0 Å². The average molecular weight is 443 g/mol. The molecule has 8 nitrogen and oxygen atoms in total. The molecule has 2 amide bonds. The van der Waals surface area contributed by atoms with Crippen molar-refractivity contribution in [3.63, 3.8) is 0 Å². The van der Waals surface area contributed by atoms with Gasteiger partial charge in [0.25, 0.3) is 5.91 Å². The summed E-state index contributed by atoms with van der Waals surface area (Å²) in [5.74, 6) is -0.816. The summed E-state index contributed by atoms with van der Waals surface area (Å²) >= 11 is 4.36. The maximum absolute atomic E-state index is 12.6. The van der Waals surface area contributed by atoms with Crippen LogP contribution in [0.4, 0.5) is 0 Å². The summed E-state index contributed by atoms with van der Waals surface area (Å²) in [7, 11) is 0. The lowest BCUT2D eigenvalue weighted by atomic mass is 9.99. The molecule has 2 aliphatic heterocycles. The molecule has 0 aliphatic carbocycles. The Bertz CT molecular complexity index is 821. The minimum absolute atomic E-state index is 0.0375. The van der Waals surface area contributed by atoms with Crippen LogP contribution in [0.5, 0.6) is 0 Å². The number of carboxylic acids is 1. The van der Waals surface area contributed by atoms with Gasteiger partial charge in [0.15, 0.2) is 4.34 Å². The third-order valence-electron chi connectivity index (χ3n) is 4.78. The van der Waals surface area contributed by atoms with Gasteiger partial charge in [-0.15, -0.1) is 22.0 Å². The van der Waals surface area contributed by atoms with Crippen LogP contribution in [0.2, 0.25) is 0 Å². The van der Waals surface area contributed by atoms with Crippen LogP contribution in [-0.4, -0.2) is 60.9 Å². The molecule has 3 rings (SSSR count). The van der Waals surface area contributed by atoms with Crippen molar-refractivity contribution in [3.05, 3.63) is 16.3 Å². The number of fused-ring (bicyclic) bond motifs is 1. The largest absolute Gasteiger partial charge is 0.477 e. The molecule has 1 aromatic rings. The average Bonchev–Trinajstić information content (AvgIpc) is 3.09. The zero-order chi connectivity index (χ0) is 20.4. The quantitative estimate of drug-likeness (QED) is 0.465. The molecule has 11 heteroatoms. The van der Waals surface area contributed by atoms with Gasteiger partial charge in [0.2, 0.25) is 5.91 Å². The number of aromatic nitrogens is 2. The van der Waals surface area contributed by atoms with E-state index in [1.165, 1.54) is 39.8 Å². The number of aliphatic carboxylic acids is 1. The topological polar surface area (TPSA) is 112 Å². The molecule has 0 saturated carbocycles. The molecule has 1 saturated heterocycles. The molecule has 0 aromatic carbocycles. The number of hydrogen-bond donors (Lipinski definition) is 2. The van der Waals surface area contributed by atoms with Gasteiger partial charge in [-0.1, -0.05) is 36.9 Å². The summed E-state index contributed by atoms with van der Waals surface area (Å²) in [5, 5.41) is 21.0. The Hall–Kier alpha value is -1.59. The van der Waals surface area contributed by atoms with E-state index in [1.54, 1.807) is 0 Å². The molecule has 152 valence electrons. The first-order valence-corrected chi connectivity index (χ1v) is 11.9. The van der Waals surface area contributed by atoms with E-state index in [9.17, 15) is 19.5 Å². The van der Waals surface area contributed by atoms with Crippen LogP contribution < -0.4 is 5.32 Å². The van der Waals surface area contributed by atoms with Gasteiger partial charge in [0.05, 0.1) is 0 Å². The van der Waals surface area contributed by atoms with Gasteiger partial charge in [-0.2, -0.15) is 0 Å². The molecule has 3 heterocycles. The predicted molar refractivity (Wildman–Crippen MR) is 109 cm³/mol. The smallest absolute Gasteiger partial charge is 0.352 e. The highest BCUT2D eigenvalue weighted by atomic mass is 32.2. The van der Waals surface area contributed by atoms with Gasteiger partial charge < -0.3 is 10.4 Å². The van der Waals surface area contributed by atoms with Crippen molar-refractivity contribution in [2.45, 2.75) is 49.4 Å². The second kappa shape index (κ2) is 8.83. The highest BCUT2D eigenvalue weighted by Gasteiger charge is 2.54. The fourth-order valence-electron chi connectivity index (χ4n) is 3.21. The molecule has 0 spiro atoms. The number of amides is 2. The van der Waals surface area contributed by atoms with Crippen molar-refractivity contribution in [2.24, 2.45) is 5.92 Å². The zero-order valence-electron chi connectivity index (χ0n) is 15.8. The van der Waals surface area contributed by atoms with Gasteiger partial charge in [-0.05, 0) is 25.3 Å². The monoisotopic (exact) mass is 442 g/mol. The van der Waals surface area contributed by atoms with Crippen LogP contribution in [0.15, 0.2) is 15.6 Å². The maximum Gasteiger partial charge on any atom is 0.352 e. The van der Waals surface area contributed by atoms with Crippen LogP contribution in [0.3, 0.4) is 0 Å². The Morgan fingerprint density at radius 1 is 1.36 bits per heavy atom. The Labute approximate surface area is 175 Å². The number of β-lactam (4-membered cyclic amide) rings is 1. The van der Waals surface area contributed by atoms with Crippen LogP contribution in [0.25, 0.3) is 0 Å². The molecule has 2 N–H and O–H groups in total. The second-order valence-corrected chi connectivity index (χ2v) is 10.1. The summed E-state index contributed by atoms with van der Waals surface area (Å²) in [6, 6.07) is -0.660. The zero-order valence-corrected chi connectivity index (χ0v) is 18.2. The fraction of sp³-hybridized carbons (Fsp3) is 0.588. The molecule has 0 radical (unpaired) electrons. The Morgan fingerprint density at radius 2 is 2.07 bits per heavy atom. The van der Waals surface area contributed by atoms with E-state index in [1.807, 2.05) is 20.8 Å². The third kappa shape index (κ3) is 4.06. The lowest BCUT2D eigenvalue weighted by molar-refractivity contribution is -0.151. The van der Waals surface area contributed by atoms with Gasteiger partial charge in [0, 0.05) is 17.4 Å². The first-order chi connectivity index (χ1) is 13.4. The number of rotatable bonds is 8. The number of carbonyl (C=O) groups excluding carboxylic acids is 2. The summed E-state index contributed by atoms with van der Waals surface area (Å²) in [6.07, 6.45) is 1.41. The number of carboxylic acid groups (broad SMARTS) is 1. The van der Waals surface area contributed by atoms with E-state index in [-0.39, 0.29) is 28.8 Å². The Balaban J connectivity index is 1.72. The summed E-state index contributed by atoms with van der Waals surface area (Å²) in [4.78, 5) is 38.2. The van der Waals surface area contributed by atoms with Gasteiger partial charge in [-0.3, -0.25) is 14.5 Å². The van der Waals surface area contributed by atoms with Crippen LogP contribution in [0.1, 0.15) is 31.7 Å². The third-order valence-corrected chi connectivity index (χ3v) is 8.18. The number of nitrogens with one attached hydrogen (secondary N) is 1. The predicted octanol–water partition coefficient (Wildman–Crippen LogP) is 2.11. The maximum atomic E-state index is 12.6. The van der Waals surface area contributed by atoms with E-state index < -0.39 is 12.0 Å². The number of hydrogen-bond acceptors (Lipinski definition) is 8. The van der Waals surface area contributed by atoms with Gasteiger partial charge in [0.1, 0.15) is 22.1 Å². The molecular formula is C17H22N4O4S3. The fourth-order valence-corrected chi connectivity index (χ4v) is 6.51. The first kappa shape index (κ1) is 21.1. The first-order valence-electron chi connectivity index (χ1n) is 9.00. The molecule has 2 atom stereocenters. The molecule has 0 unspecified atom stereocenters. The van der Waals surface area contributed by atoms with Crippen molar-refractivity contribution in [1.82, 2.24) is 20.4 Å². The Morgan fingerprint density at radius 3 is 2.64 bits per heavy atom. The van der Waals surface area contributed by atoms with Gasteiger partial charge in [-0.25, -0.2) is 4.79 Å². The number of carbonyl (C=O) groups is 3. The van der Waals surface area contributed by atoms with Gasteiger partial charge >= 0.3 is 5.97 Å². The van der Waals surface area contributed by atoms with E-state index in [0.29, 0.717) is 29.9 Å². The molecule has 28 heavy (non-hydrogen) atoms. The molecule has 1 fully saturated rings. The number of aryl methyl sites for hydroxylation is 1. The summed E-state index contributed by atoms with van der Waals surface area (Å²) in [5.41, 5.74) is 0.722. The minimum Gasteiger partial charge on any atom is -0.477 e. The molecular weight excluding hydrogens is 420 g/mol. The summed E-state index contributed by atoms with van der Waals surface area (Å²) < 4.78 is 0.770. The van der Waals surface area contributed by atoms with Crippen molar-refractivity contribution in [2.75, 3.05) is 11.5 Å². The van der Waals surface area contributed by atoms with Crippen LogP contribution >= 0.6 is 34.9 Å². The van der Waals surface area contributed by atoms with Crippen LogP contribution in [0, 0.1) is 12.8 Å².